The second-order valence-corrected chi connectivity index (χ2v) is 6.81. The van der Waals surface area contributed by atoms with E-state index in [1.165, 1.54) is 6.92 Å². The predicted molar refractivity (Wildman–Crippen MR) is 97.4 cm³/mol. The van der Waals surface area contributed by atoms with Gasteiger partial charge in [0.15, 0.2) is 0 Å². The Labute approximate surface area is 157 Å². The van der Waals surface area contributed by atoms with Gasteiger partial charge < -0.3 is 14.9 Å². The molecule has 2 N–H and O–H groups in total. The molecule has 0 saturated heterocycles. The highest BCUT2D eigenvalue weighted by Crippen LogP contribution is 2.02. The highest BCUT2D eigenvalue weighted by atomic mass is 35.5. The number of rotatable bonds is 5. The number of carboxylic acids is 1. The Kier molecular flexibility index (Phi) is 16.3. The summed E-state index contributed by atoms with van der Waals surface area (Å²) in [6.07, 6.45) is 0. The maximum absolute atomic E-state index is 11.3. The van der Waals surface area contributed by atoms with Crippen LogP contribution in [0.15, 0.2) is 30.3 Å². The van der Waals surface area contributed by atoms with Crippen LogP contribution in [-0.2, 0) is 9.53 Å². The Balaban J connectivity index is 0. The second-order valence-electron chi connectivity index (χ2n) is 4.66. The molecule has 0 aliphatic heterocycles. The Morgan fingerprint density at radius 3 is 1.75 bits per heavy atom. The number of benzene rings is 1. The number of aliphatic carboxylic acids is 1. The number of halogens is 3. The van der Waals surface area contributed by atoms with Gasteiger partial charge in [0.1, 0.15) is 12.0 Å². The molecule has 0 spiro atoms. The second kappa shape index (κ2) is 15.5. The van der Waals surface area contributed by atoms with E-state index < -0.39 is 11.3 Å². The number of carbonyl (C=O) groups is 2. The molecule has 0 saturated carbocycles. The summed E-state index contributed by atoms with van der Waals surface area (Å²) < 4.78 is 4.92. The minimum Gasteiger partial charge on any atom is -0.480 e. The van der Waals surface area contributed by atoms with Crippen LogP contribution in [-0.4, -0.2) is 51.5 Å². The van der Waals surface area contributed by atoms with E-state index in [2.05, 4.69) is 0 Å². The van der Waals surface area contributed by atoms with E-state index >= 15 is 0 Å². The van der Waals surface area contributed by atoms with Crippen LogP contribution in [0.5, 0.6) is 0 Å². The number of hydrogen-bond donors (Lipinski definition) is 2. The molecule has 8 heteroatoms. The minimum atomic E-state index is -0.975. The maximum atomic E-state index is 11.3. The average Bonchev–Trinajstić information content (AvgIpc) is 2.54. The van der Waals surface area contributed by atoms with Crippen molar-refractivity contribution in [2.24, 2.45) is 0 Å². The largest absolute Gasteiger partial charge is 0.480 e. The van der Waals surface area contributed by atoms with E-state index in [4.69, 9.17) is 49.8 Å². The lowest BCUT2D eigenvalue weighted by molar-refractivity contribution is -0.136. The van der Waals surface area contributed by atoms with E-state index in [0.29, 0.717) is 5.56 Å². The van der Waals surface area contributed by atoms with Gasteiger partial charge in [-0.25, -0.2) is 4.79 Å². The van der Waals surface area contributed by atoms with Gasteiger partial charge in [-0.1, -0.05) is 18.2 Å². The van der Waals surface area contributed by atoms with Crippen LogP contribution < -0.4 is 0 Å². The van der Waals surface area contributed by atoms with Crippen molar-refractivity contribution in [3.8, 4) is 0 Å². The molecule has 3 unspecified atom stereocenters. The molecule has 1 aromatic rings. The standard InChI is InChI=1S/C10H11ClO2.C3H5ClO2.C3H7ClO/c1-8(11)7-13-10(12)9-5-3-2-4-6-9;1-2(4)3(5)6;1-3(4)2-5/h2-6,8H,7H2,1H3;2H,1H3,(H,5,6);3,5H,2H2,1H3. The fourth-order valence-corrected chi connectivity index (χ4v) is 0.911. The van der Waals surface area contributed by atoms with E-state index in [9.17, 15) is 9.59 Å². The van der Waals surface area contributed by atoms with Gasteiger partial charge >= 0.3 is 11.9 Å². The van der Waals surface area contributed by atoms with Crippen LogP contribution in [0.1, 0.15) is 31.1 Å². The topological polar surface area (TPSA) is 83.8 Å². The quantitative estimate of drug-likeness (QED) is 0.579. The molecule has 0 bridgehead atoms. The number of hydrogen-bond acceptors (Lipinski definition) is 4. The van der Waals surface area contributed by atoms with Crippen LogP contribution in [0.3, 0.4) is 0 Å². The summed E-state index contributed by atoms with van der Waals surface area (Å²) >= 11 is 15.9. The Morgan fingerprint density at radius 1 is 1.04 bits per heavy atom. The number of carboxylic acid groups (broad SMARTS) is 1. The third-order valence-corrected chi connectivity index (χ3v) is 2.50. The molecule has 0 aromatic heterocycles. The van der Waals surface area contributed by atoms with E-state index in [-0.39, 0.29) is 29.9 Å². The fraction of sp³-hybridized carbons (Fsp3) is 0.500. The molecule has 138 valence electrons. The number of aliphatic hydroxyl groups is 1. The molecule has 1 aromatic carbocycles. The number of esters is 1. The average molecular weight is 402 g/mol. The highest BCUT2D eigenvalue weighted by Gasteiger charge is 2.06. The van der Waals surface area contributed by atoms with Crippen molar-refractivity contribution in [2.75, 3.05) is 13.2 Å². The molecule has 0 radical (unpaired) electrons. The van der Waals surface area contributed by atoms with Crippen LogP contribution >= 0.6 is 34.8 Å². The van der Waals surface area contributed by atoms with Gasteiger partial charge in [-0.3, -0.25) is 4.79 Å². The monoisotopic (exact) mass is 400 g/mol. The number of ether oxygens (including phenoxy) is 1. The van der Waals surface area contributed by atoms with Crippen molar-refractivity contribution in [2.45, 2.75) is 36.9 Å². The van der Waals surface area contributed by atoms with Crippen molar-refractivity contribution in [1.29, 1.82) is 0 Å². The van der Waals surface area contributed by atoms with Gasteiger partial charge in [0.05, 0.1) is 22.9 Å². The number of aliphatic hydroxyl groups excluding tert-OH is 1. The Morgan fingerprint density at radius 2 is 1.46 bits per heavy atom. The Hall–Kier alpha value is -1.01. The predicted octanol–water partition coefficient (Wildman–Crippen LogP) is 3.78. The minimum absolute atomic E-state index is 0.0710. The highest BCUT2D eigenvalue weighted by molar-refractivity contribution is 6.29. The van der Waals surface area contributed by atoms with E-state index in [1.807, 2.05) is 6.07 Å². The lowest BCUT2D eigenvalue weighted by Crippen LogP contribution is -2.11. The first kappa shape index (κ1) is 25.2. The number of alkyl halides is 3. The van der Waals surface area contributed by atoms with Gasteiger partial charge in [-0.05, 0) is 32.9 Å². The fourth-order valence-electron chi connectivity index (χ4n) is 0.848. The zero-order chi connectivity index (χ0) is 19.1. The molecular weight excluding hydrogens is 379 g/mol. The summed E-state index contributed by atoms with van der Waals surface area (Å²) in [5.41, 5.74) is 0.555. The molecule has 0 aliphatic carbocycles. The molecule has 0 aliphatic rings. The van der Waals surface area contributed by atoms with Crippen molar-refractivity contribution in [3.05, 3.63) is 35.9 Å². The van der Waals surface area contributed by atoms with Crippen molar-refractivity contribution in [1.82, 2.24) is 0 Å². The zero-order valence-corrected chi connectivity index (χ0v) is 16.1. The third kappa shape index (κ3) is 17.3. The Bertz CT molecular complexity index is 450. The van der Waals surface area contributed by atoms with E-state index in [0.717, 1.165) is 0 Å². The normalized spacial score (nSPS) is 13.1. The van der Waals surface area contributed by atoms with Gasteiger partial charge in [0.2, 0.25) is 0 Å². The van der Waals surface area contributed by atoms with E-state index in [1.54, 1.807) is 38.1 Å². The van der Waals surface area contributed by atoms with Gasteiger partial charge in [0.25, 0.3) is 0 Å². The molecule has 0 fully saturated rings. The van der Waals surface area contributed by atoms with Gasteiger partial charge in [-0.15, -0.1) is 34.8 Å². The lowest BCUT2D eigenvalue weighted by atomic mass is 10.2. The molecule has 3 atom stereocenters. The number of carbonyl (C=O) groups excluding carboxylic acids is 1. The zero-order valence-electron chi connectivity index (χ0n) is 13.8. The molecule has 0 heterocycles. The summed E-state index contributed by atoms with van der Waals surface area (Å²) in [6, 6.07) is 8.85. The van der Waals surface area contributed by atoms with Crippen molar-refractivity contribution in [3.63, 3.8) is 0 Å². The third-order valence-electron chi connectivity index (χ3n) is 2.05. The first-order chi connectivity index (χ1) is 11.1. The smallest absolute Gasteiger partial charge is 0.338 e. The molecule has 24 heavy (non-hydrogen) atoms. The summed E-state index contributed by atoms with van der Waals surface area (Å²) in [6.45, 7) is 5.24. The molecule has 5 nitrogen and oxygen atoms in total. The van der Waals surface area contributed by atoms with Gasteiger partial charge in [0, 0.05) is 0 Å². The SMILES string of the molecule is CC(Cl)C(=O)O.CC(Cl)CO.CC(Cl)COC(=O)c1ccccc1. The van der Waals surface area contributed by atoms with Crippen LogP contribution in [0.25, 0.3) is 0 Å². The van der Waals surface area contributed by atoms with Crippen LogP contribution in [0.2, 0.25) is 0 Å². The van der Waals surface area contributed by atoms with Crippen molar-refractivity contribution < 1.29 is 24.5 Å². The summed E-state index contributed by atoms with van der Waals surface area (Å²) in [7, 11) is 0. The van der Waals surface area contributed by atoms with Crippen molar-refractivity contribution >= 4 is 46.7 Å². The summed E-state index contributed by atoms with van der Waals surface area (Å²) in [5.74, 6) is -1.30. The lowest BCUT2D eigenvalue weighted by Gasteiger charge is -2.05. The summed E-state index contributed by atoms with van der Waals surface area (Å²) in [4.78, 5) is 20.8. The first-order valence-electron chi connectivity index (χ1n) is 7.09. The van der Waals surface area contributed by atoms with Gasteiger partial charge in [-0.2, -0.15) is 0 Å². The first-order valence-corrected chi connectivity index (χ1v) is 8.40. The van der Waals surface area contributed by atoms with Crippen LogP contribution in [0.4, 0.5) is 0 Å². The molecular formula is C16H23Cl3O5. The maximum Gasteiger partial charge on any atom is 0.338 e. The molecule has 1 rings (SSSR count). The summed E-state index contributed by atoms with van der Waals surface area (Å²) in [5, 5.41) is 14.9. The van der Waals surface area contributed by atoms with Crippen LogP contribution in [0, 0.1) is 0 Å². The molecule has 0 amide bonds.